The molecule has 2 aliphatic rings. The maximum atomic E-state index is 12.8. The molecule has 9 heteroatoms. The molecule has 33 heavy (non-hydrogen) atoms. The normalized spacial score (nSPS) is 17.4. The van der Waals surface area contributed by atoms with Crippen LogP contribution in [0.4, 0.5) is 0 Å². The number of fused-ring (bicyclic) bond motifs is 2. The second-order valence-electron chi connectivity index (χ2n) is 7.81. The Labute approximate surface area is 193 Å². The molecule has 0 bridgehead atoms. The number of thiazole rings is 1. The van der Waals surface area contributed by atoms with E-state index in [0.29, 0.717) is 23.5 Å². The van der Waals surface area contributed by atoms with Gasteiger partial charge in [0.05, 0.1) is 10.2 Å². The summed E-state index contributed by atoms with van der Waals surface area (Å²) in [7, 11) is 0. The molecule has 1 saturated heterocycles. The maximum Gasteiger partial charge on any atom is 0.296 e. The van der Waals surface area contributed by atoms with Gasteiger partial charge in [0.25, 0.3) is 11.8 Å². The van der Waals surface area contributed by atoms with Gasteiger partial charge in [-0.2, -0.15) is 0 Å². The predicted molar refractivity (Wildman–Crippen MR) is 121 cm³/mol. The predicted octanol–water partition coefficient (Wildman–Crippen LogP) is 1.73. The molecule has 164 valence electrons. The summed E-state index contributed by atoms with van der Waals surface area (Å²) >= 11 is 1.43. The van der Waals surface area contributed by atoms with Crippen LogP contribution in [0.25, 0.3) is 10.2 Å². The fourth-order valence-electron chi connectivity index (χ4n) is 4.00. The summed E-state index contributed by atoms with van der Waals surface area (Å²) in [6.07, 6.45) is 0.534. The SMILES string of the molecule is O=C(C#Cc1nc2ccccc2s1)NCc1ccc2c(c1)CN(C1CCC(=O)NC1=O)C2=O. The van der Waals surface area contributed by atoms with Gasteiger partial charge in [-0.15, -0.1) is 11.3 Å². The van der Waals surface area contributed by atoms with Crippen molar-refractivity contribution in [3.8, 4) is 11.8 Å². The van der Waals surface area contributed by atoms with Crippen molar-refractivity contribution in [2.45, 2.75) is 32.0 Å². The molecule has 1 atom stereocenters. The van der Waals surface area contributed by atoms with Gasteiger partial charge >= 0.3 is 0 Å². The van der Waals surface area contributed by atoms with Crippen LogP contribution in [0.15, 0.2) is 42.5 Å². The van der Waals surface area contributed by atoms with Gasteiger partial charge < -0.3 is 10.2 Å². The first-order chi connectivity index (χ1) is 16.0. The van der Waals surface area contributed by atoms with E-state index in [9.17, 15) is 19.2 Å². The quantitative estimate of drug-likeness (QED) is 0.459. The molecule has 1 fully saturated rings. The first-order valence-corrected chi connectivity index (χ1v) is 11.2. The van der Waals surface area contributed by atoms with Gasteiger partial charge in [-0.1, -0.05) is 24.3 Å². The van der Waals surface area contributed by atoms with Gasteiger partial charge in [0.1, 0.15) is 6.04 Å². The number of carbonyl (C=O) groups excluding carboxylic acids is 4. The summed E-state index contributed by atoms with van der Waals surface area (Å²) in [6, 6.07) is 12.4. The van der Waals surface area contributed by atoms with E-state index in [1.165, 1.54) is 16.2 Å². The lowest BCUT2D eigenvalue weighted by Crippen LogP contribution is -2.52. The van der Waals surface area contributed by atoms with E-state index < -0.39 is 17.9 Å². The highest BCUT2D eigenvalue weighted by molar-refractivity contribution is 7.19. The Morgan fingerprint density at radius 1 is 1.21 bits per heavy atom. The summed E-state index contributed by atoms with van der Waals surface area (Å²) in [5.74, 6) is 3.96. The number of para-hydroxylation sites is 1. The van der Waals surface area contributed by atoms with Crippen molar-refractivity contribution < 1.29 is 19.2 Å². The number of rotatable bonds is 3. The second kappa shape index (κ2) is 8.48. The lowest BCUT2D eigenvalue weighted by atomic mass is 10.0. The fourth-order valence-corrected chi connectivity index (χ4v) is 4.82. The second-order valence-corrected chi connectivity index (χ2v) is 8.84. The van der Waals surface area contributed by atoms with E-state index in [0.717, 1.165) is 21.3 Å². The summed E-state index contributed by atoms with van der Waals surface area (Å²) in [5.41, 5.74) is 3.00. The minimum Gasteiger partial charge on any atom is -0.341 e. The van der Waals surface area contributed by atoms with Gasteiger partial charge in [0.2, 0.25) is 11.8 Å². The van der Waals surface area contributed by atoms with E-state index in [4.69, 9.17) is 0 Å². The van der Waals surface area contributed by atoms with Gasteiger partial charge in [-0.05, 0) is 41.7 Å². The average molecular weight is 458 g/mol. The highest BCUT2D eigenvalue weighted by Crippen LogP contribution is 2.28. The Kier molecular flexibility index (Phi) is 5.36. The lowest BCUT2D eigenvalue weighted by molar-refractivity contribution is -0.137. The van der Waals surface area contributed by atoms with Crippen molar-refractivity contribution in [2.75, 3.05) is 0 Å². The lowest BCUT2D eigenvalue weighted by Gasteiger charge is -2.29. The summed E-state index contributed by atoms with van der Waals surface area (Å²) < 4.78 is 1.02. The zero-order valence-electron chi connectivity index (χ0n) is 17.4. The van der Waals surface area contributed by atoms with Crippen molar-refractivity contribution in [2.24, 2.45) is 0 Å². The number of piperidine rings is 1. The molecule has 1 unspecified atom stereocenters. The van der Waals surface area contributed by atoms with E-state index >= 15 is 0 Å². The van der Waals surface area contributed by atoms with Gasteiger partial charge in [-0.25, -0.2) is 4.98 Å². The molecule has 3 aromatic rings. The Morgan fingerprint density at radius 3 is 2.88 bits per heavy atom. The summed E-state index contributed by atoms with van der Waals surface area (Å²) in [4.78, 5) is 54.4. The monoisotopic (exact) mass is 458 g/mol. The largest absolute Gasteiger partial charge is 0.341 e. The number of hydrogen-bond donors (Lipinski definition) is 2. The molecule has 0 radical (unpaired) electrons. The standard InChI is InChI=1S/C24H18N4O4S/c29-20(9-10-22-26-17-3-1-2-4-19(17)33-22)25-12-14-5-6-16-15(11-14)13-28(24(16)32)18-7-8-21(30)27-23(18)31/h1-6,11,18H,7-8,12-13H2,(H,25,29)(H,27,30,31). The van der Waals surface area contributed by atoms with E-state index in [-0.39, 0.29) is 24.8 Å². The number of nitrogens with zero attached hydrogens (tertiary/aromatic N) is 2. The molecule has 5 rings (SSSR count). The molecular formula is C24H18N4O4S. The molecule has 0 saturated carbocycles. The van der Waals surface area contributed by atoms with Crippen molar-refractivity contribution in [1.29, 1.82) is 0 Å². The van der Waals surface area contributed by atoms with Crippen molar-refractivity contribution in [3.63, 3.8) is 0 Å². The van der Waals surface area contributed by atoms with Crippen LogP contribution < -0.4 is 10.6 Å². The zero-order chi connectivity index (χ0) is 22.9. The van der Waals surface area contributed by atoms with Crippen LogP contribution in [-0.4, -0.2) is 39.6 Å². The van der Waals surface area contributed by atoms with Crippen molar-refractivity contribution >= 4 is 45.2 Å². The first kappa shape index (κ1) is 20.8. The van der Waals surface area contributed by atoms with Crippen LogP contribution in [0.2, 0.25) is 0 Å². The van der Waals surface area contributed by atoms with E-state index in [1.807, 2.05) is 30.3 Å². The number of carbonyl (C=O) groups is 4. The van der Waals surface area contributed by atoms with Gasteiger partial charge in [-0.3, -0.25) is 24.5 Å². The zero-order valence-corrected chi connectivity index (χ0v) is 18.2. The van der Waals surface area contributed by atoms with E-state index in [2.05, 4.69) is 27.5 Å². The van der Waals surface area contributed by atoms with Crippen LogP contribution >= 0.6 is 11.3 Å². The molecule has 0 aliphatic carbocycles. The molecule has 2 aliphatic heterocycles. The molecule has 1 aromatic heterocycles. The maximum absolute atomic E-state index is 12.8. The van der Waals surface area contributed by atoms with Crippen molar-refractivity contribution in [1.82, 2.24) is 20.5 Å². The molecule has 2 N–H and O–H groups in total. The molecule has 0 spiro atoms. The van der Waals surface area contributed by atoms with Gasteiger partial charge in [0.15, 0.2) is 5.01 Å². The summed E-state index contributed by atoms with van der Waals surface area (Å²) in [6.45, 7) is 0.548. The number of nitrogens with one attached hydrogen (secondary N) is 2. The number of benzene rings is 2. The minimum atomic E-state index is -0.650. The van der Waals surface area contributed by atoms with Crippen LogP contribution in [0.1, 0.15) is 39.3 Å². The first-order valence-electron chi connectivity index (χ1n) is 10.4. The average Bonchev–Trinajstić information content (AvgIpc) is 3.37. The Morgan fingerprint density at radius 2 is 2.06 bits per heavy atom. The third-order valence-electron chi connectivity index (χ3n) is 5.62. The molecule has 8 nitrogen and oxygen atoms in total. The Bertz CT molecular complexity index is 1350. The molecule has 3 heterocycles. The highest BCUT2D eigenvalue weighted by Gasteiger charge is 2.39. The molecular weight excluding hydrogens is 440 g/mol. The Balaban J connectivity index is 1.22. The fraction of sp³-hybridized carbons (Fsp3) is 0.208. The van der Waals surface area contributed by atoms with Crippen LogP contribution in [0, 0.1) is 11.8 Å². The van der Waals surface area contributed by atoms with Crippen LogP contribution in [-0.2, 0) is 27.5 Å². The van der Waals surface area contributed by atoms with Crippen LogP contribution in [0.3, 0.4) is 0 Å². The number of imide groups is 1. The number of hydrogen-bond acceptors (Lipinski definition) is 6. The molecule has 4 amide bonds. The summed E-state index contributed by atoms with van der Waals surface area (Å²) in [5, 5.41) is 5.63. The smallest absolute Gasteiger partial charge is 0.296 e. The van der Waals surface area contributed by atoms with E-state index in [1.54, 1.807) is 12.1 Å². The topological polar surface area (TPSA) is 108 Å². The minimum absolute atomic E-state index is 0.214. The third kappa shape index (κ3) is 4.21. The third-order valence-corrected chi connectivity index (χ3v) is 6.57. The van der Waals surface area contributed by atoms with Crippen molar-refractivity contribution in [3.05, 3.63) is 64.2 Å². The number of amides is 4. The number of aromatic nitrogens is 1. The van der Waals surface area contributed by atoms with Crippen LogP contribution in [0.5, 0.6) is 0 Å². The Hall–Kier alpha value is -4.03. The van der Waals surface area contributed by atoms with Gasteiger partial charge in [0, 0.05) is 31.0 Å². The molecule has 2 aromatic carbocycles. The highest BCUT2D eigenvalue weighted by atomic mass is 32.1.